The minimum atomic E-state index is -0.842. The number of nitrogens with two attached hydrogens (primary N) is 1. The molecule has 0 saturated heterocycles. The third-order valence-electron chi connectivity index (χ3n) is 4.43. The molecule has 0 radical (unpaired) electrons. The Balaban J connectivity index is 2.43. The molecule has 1 aromatic carbocycles. The highest BCUT2D eigenvalue weighted by molar-refractivity contribution is 6.06. The van der Waals surface area contributed by atoms with E-state index in [1.54, 1.807) is 12.1 Å². The lowest BCUT2D eigenvalue weighted by Crippen LogP contribution is -2.52. The van der Waals surface area contributed by atoms with Gasteiger partial charge in [0.15, 0.2) is 11.5 Å². The summed E-state index contributed by atoms with van der Waals surface area (Å²) >= 11 is 0. The van der Waals surface area contributed by atoms with Crippen molar-refractivity contribution in [1.82, 2.24) is 15.1 Å². The van der Waals surface area contributed by atoms with Crippen molar-refractivity contribution >= 4 is 28.5 Å². The minimum Gasteiger partial charge on any atom is -0.368 e. The second-order valence-corrected chi connectivity index (χ2v) is 8.87. The molecule has 0 unspecified atom stereocenters. The maximum Gasteiger partial charge on any atom is 0.273 e. The predicted octanol–water partition coefficient (Wildman–Crippen LogP) is 2.28. The van der Waals surface area contributed by atoms with Crippen molar-refractivity contribution < 1.29 is 14.4 Å². The molecule has 7 heteroatoms. The number of nitrogens with zero attached hydrogens (tertiary/aromatic N) is 2. The Morgan fingerprint density at radius 3 is 2.22 bits per heavy atom. The number of primary amides is 1. The molecule has 27 heavy (non-hydrogen) atoms. The van der Waals surface area contributed by atoms with Gasteiger partial charge in [-0.3, -0.25) is 19.1 Å². The highest BCUT2D eigenvalue weighted by atomic mass is 16.2. The maximum atomic E-state index is 12.8. The van der Waals surface area contributed by atoms with Gasteiger partial charge < -0.3 is 11.1 Å². The minimum absolute atomic E-state index is 0.00687. The summed E-state index contributed by atoms with van der Waals surface area (Å²) in [5.74, 6) is -1.10. The first-order valence-corrected chi connectivity index (χ1v) is 8.91. The number of Topliss-reactive ketones (excluding diaryl/α,β-unsaturated/α-hetero) is 1. The molecule has 3 N–H and O–H groups in total. The fourth-order valence-electron chi connectivity index (χ4n) is 2.70. The van der Waals surface area contributed by atoms with Gasteiger partial charge in [0, 0.05) is 10.8 Å². The zero-order chi connectivity index (χ0) is 20.6. The molecular weight excluding hydrogens is 344 g/mol. The first kappa shape index (κ1) is 20.6. The van der Waals surface area contributed by atoms with E-state index in [1.165, 1.54) is 4.68 Å². The van der Waals surface area contributed by atoms with Crippen LogP contribution in [-0.2, 0) is 16.1 Å². The van der Waals surface area contributed by atoms with E-state index in [4.69, 9.17) is 5.73 Å². The number of carbonyl (C=O) groups is 3. The van der Waals surface area contributed by atoms with Crippen LogP contribution in [0.15, 0.2) is 24.3 Å². The number of hydrogen-bond donors (Lipinski definition) is 2. The summed E-state index contributed by atoms with van der Waals surface area (Å²) in [7, 11) is 0. The number of hydrogen-bond acceptors (Lipinski definition) is 4. The highest BCUT2D eigenvalue weighted by Gasteiger charge is 2.32. The lowest BCUT2D eigenvalue weighted by molar-refractivity contribution is -0.127. The number of aromatic nitrogens is 2. The number of amides is 2. The number of benzene rings is 1. The number of rotatable bonds is 5. The molecule has 1 heterocycles. The molecule has 0 saturated carbocycles. The molecule has 0 bridgehead atoms. The van der Waals surface area contributed by atoms with Crippen LogP contribution in [-0.4, -0.2) is 33.4 Å². The summed E-state index contributed by atoms with van der Waals surface area (Å²) in [4.78, 5) is 37.0. The van der Waals surface area contributed by atoms with Crippen molar-refractivity contribution in [3.8, 4) is 0 Å². The number of para-hydroxylation sites is 1. The molecule has 146 valence electrons. The quantitative estimate of drug-likeness (QED) is 0.839. The zero-order valence-electron chi connectivity index (χ0n) is 16.8. The summed E-state index contributed by atoms with van der Waals surface area (Å²) < 4.78 is 1.54. The van der Waals surface area contributed by atoms with Crippen molar-refractivity contribution in [3.63, 3.8) is 0 Å². The molecule has 1 atom stereocenters. The summed E-state index contributed by atoms with van der Waals surface area (Å²) in [6.07, 6.45) is 0. The van der Waals surface area contributed by atoms with Crippen LogP contribution < -0.4 is 11.1 Å². The van der Waals surface area contributed by atoms with E-state index < -0.39 is 28.7 Å². The van der Waals surface area contributed by atoms with E-state index in [0.717, 1.165) is 0 Å². The molecule has 0 spiro atoms. The fraction of sp³-hybridized carbons (Fsp3) is 0.500. The molecule has 0 aliphatic rings. The summed E-state index contributed by atoms with van der Waals surface area (Å²) in [6.45, 7) is 11.1. The van der Waals surface area contributed by atoms with Gasteiger partial charge in [0.25, 0.3) is 5.91 Å². The number of carbonyl (C=O) groups excluding carboxylic acids is 3. The van der Waals surface area contributed by atoms with Gasteiger partial charge in [0.05, 0.1) is 5.52 Å². The Morgan fingerprint density at radius 2 is 1.70 bits per heavy atom. The van der Waals surface area contributed by atoms with Gasteiger partial charge in [0.2, 0.25) is 5.91 Å². The van der Waals surface area contributed by atoms with E-state index in [-0.39, 0.29) is 18.0 Å². The van der Waals surface area contributed by atoms with E-state index in [1.807, 2.05) is 53.7 Å². The first-order chi connectivity index (χ1) is 12.3. The number of ketones is 1. The van der Waals surface area contributed by atoms with Crippen molar-refractivity contribution in [1.29, 1.82) is 0 Å². The zero-order valence-corrected chi connectivity index (χ0v) is 16.8. The van der Waals surface area contributed by atoms with Gasteiger partial charge >= 0.3 is 0 Å². The van der Waals surface area contributed by atoms with Gasteiger partial charge in [-0.2, -0.15) is 5.10 Å². The Hall–Kier alpha value is -2.70. The van der Waals surface area contributed by atoms with Crippen LogP contribution in [0, 0.1) is 10.8 Å². The van der Waals surface area contributed by atoms with E-state index in [2.05, 4.69) is 10.4 Å². The monoisotopic (exact) mass is 372 g/mol. The lowest BCUT2D eigenvalue weighted by Gasteiger charge is -2.28. The molecule has 0 fully saturated rings. The van der Waals surface area contributed by atoms with Crippen molar-refractivity contribution in [3.05, 3.63) is 30.0 Å². The van der Waals surface area contributed by atoms with Crippen LogP contribution >= 0.6 is 0 Å². The van der Waals surface area contributed by atoms with Crippen LogP contribution in [0.4, 0.5) is 0 Å². The summed E-state index contributed by atoms with van der Waals surface area (Å²) in [5, 5.41) is 7.68. The van der Waals surface area contributed by atoms with Crippen LogP contribution in [0.2, 0.25) is 0 Å². The average molecular weight is 372 g/mol. The average Bonchev–Trinajstić information content (AvgIpc) is 2.89. The lowest BCUT2D eigenvalue weighted by atomic mass is 9.86. The van der Waals surface area contributed by atoms with E-state index in [9.17, 15) is 14.4 Å². The summed E-state index contributed by atoms with van der Waals surface area (Å²) in [5.41, 5.74) is 5.26. The standard InChI is InChI=1S/C20H28N4O3/c1-19(2,3)14(25)11-24-13-10-8-7-9-12(13)15(23-24)18(27)22-16(17(21)26)20(4,5)6/h7-10,16H,11H2,1-6H3,(H2,21,26)(H,22,27)/t16-/m1/s1. The fourth-order valence-corrected chi connectivity index (χ4v) is 2.70. The third kappa shape index (κ3) is 4.53. The molecule has 0 aliphatic heterocycles. The second-order valence-electron chi connectivity index (χ2n) is 8.87. The largest absolute Gasteiger partial charge is 0.368 e. The molecule has 7 nitrogen and oxygen atoms in total. The number of nitrogens with one attached hydrogen (secondary N) is 1. The SMILES string of the molecule is CC(C)(C)C(=O)Cn1nc(C(=O)N[C@H](C(N)=O)C(C)(C)C)c2ccccc21. The maximum absolute atomic E-state index is 12.8. The highest BCUT2D eigenvalue weighted by Crippen LogP contribution is 2.23. The number of fused-ring (bicyclic) bond motifs is 1. The molecular formula is C20H28N4O3. The van der Waals surface area contributed by atoms with Crippen molar-refractivity contribution in [2.75, 3.05) is 0 Å². The Bertz CT molecular complexity index is 885. The second kappa shape index (κ2) is 7.13. The van der Waals surface area contributed by atoms with Crippen molar-refractivity contribution in [2.24, 2.45) is 16.6 Å². The molecule has 2 amide bonds. The van der Waals surface area contributed by atoms with Crippen molar-refractivity contribution in [2.45, 2.75) is 54.1 Å². The van der Waals surface area contributed by atoms with Gasteiger partial charge in [0.1, 0.15) is 12.6 Å². The van der Waals surface area contributed by atoms with Gasteiger partial charge in [-0.1, -0.05) is 59.7 Å². The Morgan fingerprint density at radius 1 is 1.11 bits per heavy atom. The first-order valence-electron chi connectivity index (χ1n) is 8.91. The van der Waals surface area contributed by atoms with E-state index >= 15 is 0 Å². The molecule has 0 aliphatic carbocycles. The van der Waals surface area contributed by atoms with Gasteiger partial charge in [-0.05, 0) is 11.5 Å². The van der Waals surface area contributed by atoms with Crippen LogP contribution in [0.1, 0.15) is 52.0 Å². The van der Waals surface area contributed by atoms with E-state index in [0.29, 0.717) is 10.9 Å². The topological polar surface area (TPSA) is 107 Å². The molecule has 1 aromatic heterocycles. The molecule has 2 rings (SSSR count). The predicted molar refractivity (Wildman–Crippen MR) is 104 cm³/mol. The Kier molecular flexibility index (Phi) is 5.45. The van der Waals surface area contributed by atoms with Gasteiger partial charge in [-0.25, -0.2) is 0 Å². The Labute approximate surface area is 159 Å². The van der Waals surface area contributed by atoms with Crippen LogP contribution in [0.25, 0.3) is 10.9 Å². The smallest absolute Gasteiger partial charge is 0.273 e. The van der Waals surface area contributed by atoms with Crippen LogP contribution in [0.5, 0.6) is 0 Å². The summed E-state index contributed by atoms with van der Waals surface area (Å²) in [6, 6.07) is 6.36. The van der Waals surface area contributed by atoms with Gasteiger partial charge in [-0.15, -0.1) is 0 Å². The van der Waals surface area contributed by atoms with Crippen LogP contribution in [0.3, 0.4) is 0 Å². The third-order valence-corrected chi connectivity index (χ3v) is 4.43. The molecule has 2 aromatic rings. The normalized spacial score (nSPS) is 13.4.